The maximum Gasteiger partial charge on any atom is 0.271 e. The lowest BCUT2D eigenvalue weighted by molar-refractivity contribution is 0.0932. The Morgan fingerprint density at radius 1 is 1.45 bits per heavy atom. The number of aromatic nitrogens is 3. The van der Waals surface area contributed by atoms with E-state index in [4.69, 9.17) is 4.52 Å². The molecule has 1 N–H and O–H groups in total. The van der Waals surface area contributed by atoms with E-state index >= 15 is 0 Å². The minimum absolute atomic E-state index is 0.134. The van der Waals surface area contributed by atoms with E-state index in [1.54, 1.807) is 6.20 Å². The van der Waals surface area contributed by atoms with Crippen LogP contribution in [0, 0.1) is 13.8 Å². The van der Waals surface area contributed by atoms with Crippen LogP contribution in [-0.2, 0) is 6.54 Å². The van der Waals surface area contributed by atoms with Gasteiger partial charge in [0.15, 0.2) is 0 Å². The Hall–Kier alpha value is -2.28. The lowest BCUT2D eigenvalue weighted by atomic mass is 10.2. The number of nitrogens with zero attached hydrogens (tertiary/aromatic N) is 4. The molecule has 7 heteroatoms. The predicted molar refractivity (Wildman–Crippen MR) is 79.2 cm³/mol. The Bertz CT molecular complexity index is 636. The molecule has 3 heterocycles. The van der Waals surface area contributed by atoms with Crippen LogP contribution in [0.1, 0.15) is 33.9 Å². The Balaban J connectivity index is 1.55. The van der Waals surface area contributed by atoms with Gasteiger partial charge >= 0.3 is 0 Å². The van der Waals surface area contributed by atoms with E-state index in [2.05, 4.69) is 25.3 Å². The van der Waals surface area contributed by atoms with Gasteiger partial charge in [0.25, 0.3) is 5.91 Å². The van der Waals surface area contributed by atoms with Crippen molar-refractivity contribution in [2.24, 2.45) is 0 Å². The van der Waals surface area contributed by atoms with Crippen LogP contribution in [0.4, 0.5) is 0 Å². The highest BCUT2D eigenvalue weighted by molar-refractivity contribution is 5.92. The Kier molecular flexibility index (Phi) is 4.15. The quantitative estimate of drug-likeness (QED) is 0.910. The van der Waals surface area contributed by atoms with Crippen molar-refractivity contribution < 1.29 is 9.32 Å². The molecule has 0 aromatic carbocycles. The molecule has 0 radical (unpaired) electrons. The van der Waals surface area contributed by atoms with Gasteiger partial charge in [-0.05, 0) is 20.3 Å². The maximum absolute atomic E-state index is 12.1. The average molecular weight is 301 g/mol. The summed E-state index contributed by atoms with van der Waals surface area (Å²) in [7, 11) is 0. The van der Waals surface area contributed by atoms with Crippen LogP contribution in [0.5, 0.6) is 0 Å². The first-order valence-electron chi connectivity index (χ1n) is 7.34. The fourth-order valence-corrected chi connectivity index (χ4v) is 2.72. The summed E-state index contributed by atoms with van der Waals surface area (Å²) in [6.07, 6.45) is 5.48. The van der Waals surface area contributed by atoms with Crippen molar-refractivity contribution in [1.29, 1.82) is 0 Å². The van der Waals surface area contributed by atoms with Gasteiger partial charge in [-0.3, -0.25) is 14.7 Å². The van der Waals surface area contributed by atoms with Gasteiger partial charge in [-0.2, -0.15) is 0 Å². The first-order chi connectivity index (χ1) is 10.6. The van der Waals surface area contributed by atoms with Gasteiger partial charge in [-0.15, -0.1) is 0 Å². The summed E-state index contributed by atoms with van der Waals surface area (Å²) in [6.45, 7) is 6.44. The van der Waals surface area contributed by atoms with Crippen molar-refractivity contribution in [3.8, 4) is 0 Å². The van der Waals surface area contributed by atoms with E-state index in [1.807, 2.05) is 13.8 Å². The lowest BCUT2D eigenvalue weighted by Gasteiger charge is -2.16. The molecule has 1 amide bonds. The van der Waals surface area contributed by atoms with Crippen LogP contribution in [-0.4, -0.2) is 45.1 Å². The molecule has 22 heavy (non-hydrogen) atoms. The smallest absolute Gasteiger partial charge is 0.271 e. The third-order valence-corrected chi connectivity index (χ3v) is 3.97. The Morgan fingerprint density at radius 2 is 2.32 bits per heavy atom. The summed E-state index contributed by atoms with van der Waals surface area (Å²) in [4.78, 5) is 22.3. The van der Waals surface area contributed by atoms with E-state index < -0.39 is 0 Å². The van der Waals surface area contributed by atoms with Crippen molar-refractivity contribution in [3.63, 3.8) is 0 Å². The zero-order valence-electron chi connectivity index (χ0n) is 12.7. The van der Waals surface area contributed by atoms with E-state index in [-0.39, 0.29) is 11.9 Å². The predicted octanol–water partition coefficient (Wildman–Crippen LogP) is 1.09. The van der Waals surface area contributed by atoms with Gasteiger partial charge in [0, 0.05) is 43.6 Å². The van der Waals surface area contributed by atoms with E-state index in [1.165, 1.54) is 12.4 Å². The largest absolute Gasteiger partial charge is 0.361 e. The molecule has 0 unspecified atom stereocenters. The molecule has 3 rings (SSSR count). The number of hydrogen-bond acceptors (Lipinski definition) is 6. The molecule has 7 nitrogen and oxygen atoms in total. The van der Waals surface area contributed by atoms with Crippen LogP contribution in [0.15, 0.2) is 23.1 Å². The SMILES string of the molecule is Cc1noc(C)c1CN1CC[C@H](NC(=O)c2cnccn2)C1. The molecule has 116 valence electrons. The highest BCUT2D eigenvalue weighted by Gasteiger charge is 2.26. The minimum Gasteiger partial charge on any atom is -0.361 e. The first kappa shape index (κ1) is 14.6. The first-order valence-corrected chi connectivity index (χ1v) is 7.34. The zero-order valence-corrected chi connectivity index (χ0v) is 12.7. The summed E-state index contributed by atoms with van der Waals surface area (Å²) >= 11 is 0. The number of rotatable bonds is 4. The molecule has 1 aliphatic heterocycles. The number of aryl methyl sites for hydroxylation is 2. The monoisotopic (exact) mass is 301 g/mol. The third-order valence-electron chi connectivity index (χ3n) is 3.97. The van der Waals surface area contributed by atoms with Gasteiger partial charge in [-0.1, -0.05) is 5.16 Å². The minimum atomic E-state index is -0.169. The molecule has 1 fully saturated rings. The van der Waals surface area contributed by atoms with Crippen molar-refractivity contribution in [2.45, 2.75) is 32.9 Å². The molecule has 0 saturated carbocycles. The van der Waals surface area contributed by atoms with Gasteiger partial charge in [0.2, 0.25) is 0 Å². The average Bonchev–Trinajstić information content (AvgIpc) is 3.10. The van der Waals surface area contributed by atoms with E-state index in [0.717, 1.165) is 43.1 Å². The van der Waals surface area contributed by atoms with Gasteiger partial charge in [0.1, 0.15) is 11.5 Å². The van der Waals surface area contributed by atoms with Crippen LogP contribution >= 0.6 is 0 Å². The highest BCUT2D eigenvalue weighted by Crippen LogP contribution is 2.18. The number of carbonyl (C=O) groups excluding carboxylic acids is 1. The number of likely N-dealkylation sites (tertiary alicyclic amines) is 1. The van der Waals surface area contributed by atoms with Crippen LogP contribution < -0.4 is 5.32 Å². The summed E-state index contributed by atoms with van der Waals surface area (Å²) in [5.74, 6) is 0.696. The van der Waals surface area contributed by atoms with E-state index in [9.17, 15) is 4.79 Å². The van der Waals surface area contributed by atoms with Gasteiger partial charge in [-0.25, -0.2) is 4.98 Å². The maximum atomic E-state index is 12.1. The molecule has 1 aliphatic rings. The molecule has 0 bridgehead atoms. The van der Waals surface area contributed by atoms with Crippen molar-refractivity contribution in [1.82, 2.24) is 25.3 Å². The highest BCUT2D eigenvalue weighted by atomic mass is 16.5. The van der Waals surface area contributed by atoms with Crippen LogP contribution in [0.25, 0.3) is 0 Å². The molecular weight excluding hydrogens is 282 g/mol. The summed E-state index contributed by atoms with van der Waals surface area (Å²) in [6, 6.07) is 0.134. The zero-order chi connectivity index (χ0) is 15.5. The van der Waals surface area contributed by atoms with Gasteiger partial charge < -0.3 is 9.84 Å². The normalized spacial score (nSPS) is 18.5. The fraction of sp³-hybridized carbons (Fsp3) is 0.467. The lowest BCUT2D eigenvalue weighted by Crippen LogP contribution is -2.37. The van der Waals surface area contributed by atoms with Crippen LogP contribution in [0.3, 0.4) is 0 Å². The second kappa shape index (κ2) is 6.23. The topological polar surface area (TPSA) is 84.2 Å². The molecule has 2 aromatic rings. The molecule has 0 aliphatic carbocycles. The molecule has 1 saturated heterocycles. The molecule has 1 atom stereocenters. The van der Waals surface area contributed by atoms with Crippen molar-refractivity contribution >= 4 is 5.91 Å². The summed E-state index contributed by atoms with van der Waals surface area (Å²) < 4.78 is 5.19. The molecular formula is C15H19N5O2. The standard InChI is InChI=1S/C15H19N5O2/c1-10-13(11(2)22-19-10)9-20-6-3-12(8-20)18-15(21)14-7-16-4-5-17-14/h4-5,7,12H,3,6,8-9H2,1-2H3,(H,18,21)/t12-/m0/s1. The second-order valence-electron chi connectivity index (χ2n) is 5.59. The van der Waals surface area contributed by atoms with Crippen LogP contribution in [0.2, 0.25) is 0 Å². The number of nitrogens with one attached hydrogen (secondary N) is 1. The molecule has 0 spiro atoms. The van der Waals surface area contributed by atoms with E-state index in [0.29, 0.717) is 5.69 Å². The Labute approximate surface area is 128 Å². The number of amides is 1. The molecule has 2 aromatic heterocycles. The fourth-order valence-electron chi connectivity index (χ4n) is 2.72. The second-order valence-corrected chi connectivity index (χ2v) is 5.59. The van der Waals surface area contributed by atoms with Crippen molar-refractivity contribution in [3.05, 3.63) is 41.3 Å². The number of hydrogen-bond donors (Lipinski definition) is 1. The number of carbonyl (C=O) groups is 1. The van der Waals surface area contributed by atoms with Crippen molar-refractivity contribution in [2.75, 3.05) is 13.1 Å². The third kappa shape index (κ3) is 3.14. The summed E-state index contributed by atoms with van der Waals surface area (Å²) in [5, 5.41) is 6.99. The Morgan fingerprint density at radius 3 is 3.00 bits per heavy atom. The summed E-state index contributed by atoms with van der Waals surface area (Å²) in [5.41, 5.74) is 2.43. The van der Waals surface area contributed by atoms with Gasteiger partial charge in [0.05, 0.1) is 11.9 Å².